The number of guanidine groups is 1. The second-order valence-electron chi connectivity index (χ2n) is 7.17. The Labute approximate surface area is 165 Å². The van der Waals surface area contributed by atoms with Crippen LogP contribution in [0.3, 0.4) is 0 Å². The van der Waals surface area contributed by atoms with Crippen molar-refractivity contribution in [1.29, 1.82) is 0 Å². The van der Waals surface area contributed by atoms with Crippen LogP contribution in [-0.2, 0) is 15.9 Å². The van der Waals surface area contributed by atoms with Crippen molar-refractivity contribution in [2.75, 3.05) is 53.1 Å². The number of unbranched alkanes of at least 4 members (excludes halogenated alkanes) is 1. The number of likely N-dealkylation sites (tertiary alicyclic amines) is 1. The number of benzene rings is 1. The van der Waals surface area contributed by atoms with Gasteiger partial charge in [-0.25, -0.2) is 0 Å². The fourth-order valence-electron chi connectivity index (χ4n) is 3.47. The van der Waals surface area contributed by atoms with Gasteiger partial charge < -0.3 is 19.7 Å². The third-order valence-electron chi connectivity index (χ3n) is 5.01. The standard InChI is InChI=1S/C22H37N3O2/c1-3-23-22(24-13-7-8-16-27-18-17-26-2)25-14-11-21(12-15-25)19-20-9-5-4-6-10-20/h4-6,9-10,21H,3,7-8,11-19H2,1-2H3,(H,23,24). The zero-order chi connectivity index (χ0) is 19.2. The van der Waals surface area contributed by atoms with Crippen molar-refractivity contribution in [3.63, 3.8) is 0 Å². The van der Waals surface area contributed by atoms with Crippen molar-refractivity contribution >= 4 is 5.96 Å². The molecule has 5 nitrogen and oxygen atoms in total. The van der Waals surface area contributed by atoms with Crippen LogP contribution in [0.2, 0.25) is 0 Å². The highest BCUT2D eigenvalue weighted by Crippen LogP contribution is 2.21. The minimum atomic E-state index is 0.670. The lowest BCUT2D eigenvalue weighted by Crippen LogP contribution is -2.46. The number of methoxy groups -OCH3 is 1. The molecule has 0 unspecified atom stereocenters. The molecule has 27 heavy (non-hydrogen) atoms. The topological polar surface area (TPSA) is 46.1 Å². The maximum absolute atomic E-state index is 5.51. The number of ether oxygens (including phenoxy) is 2. The largest absolute Gasteiger partial charge is 0.382 e. The van der Waals surface area contributed by atoms with Crippen LogP contribution in [0.15, 0.2) is 35.3 Å². The molecule has 2 rings (SSSR count). The first-order chi connectivity index (χ1) is 13.3. The molecule has 0 amide bonds. The van der Waals surface area contributed by atoms with E-state index in [1.54, 1.807) is 7.11 Å². The van der Waals surface area contributed by atoms with Gasteiger partial charge in [0.2, 0.25) is 0 Å². The number of aliphatic imine (C=N–C) groups is 1. The molecule has 0 aromatic heterocycles. The molecule has 1 N–H and O–H groups in total. The van der Waals surface area contributed by atoms with Gasteiger partial charge in [0.25, 0.3) is 0 Å². The minimum absolute atomic E-state index is 0.670. The smallest absolute Gasteiger partial charge is 0.193 e. The molecule has 1 aliphatic rings. The first-order valence-electron chi connectivity index (χ1n) is 10.5. The Morgan fingerprint density at radius 2 is 1.89 bits per heavy atom. The molecule has 152 valence electrons. The van der Waals surface area contributed by atoms with Gasteiger partial charge in [-0.2, -0.15) is 0 Å². The summed E-state index contributed by atoms with van der Waals surface area (Å²) in [5.74, 6) is 1.87. The van der Waals surface area contributed by atoms with Gasteiger partial charge in [0.05, 0.1) is 13.2 Å². The van der Waals surface area contributed by atoms with Crippen LogP contribution in [0.1, 0.15) is 38.2 Å². The average molecular weight is 376 g/mol. The fourth-order valence-corrected chi connectivity index (χ4v) is 3.47. The second-order valence-corrected chi connectivity index (χ2v) is 7.17. The van der Waals surface area contributed by atoms with Crippen LogP contribution in [0, 0.1) is 5.92 Å². The summed E-state index contributed by atoms with van der Waals surface area (Å²) in [4.78, 5) is 7.26. The van der Waals surface area contributed by atoms with Crippen LogP contribution in [-0.4, -0.2) is 64.0 Å². The molecule has 5 heteroatoms. The molecule has 0 bridgehead atoms. The maximum Gasteiger partial charge on any atom is 0.193 e. The normalized spacial score (nSPS) is 15.9. The maximum atomic E-state index is 5.51. The summed E-state index contributed by atoms with van der Waals surface area (Å²) >= 11 is 0. The van der Waals surface area contributed by atoms with Crippen molar-refractivity contribution in [1.82, 2.24) is 10.2 Å². The van der Waals surface area contributed by atoms with Crippen molar-refractivity contribution in [2.45, 2.75) is 39.0 Å². The van der Waals surface area contributed by atoms with Gasteiger partial charge in [-0.05, 0) is 50.5 Å². The van der Waals surface area contributed by atoms with E-state index in [-0.39, 0.29) is 0 Å². The number of piperidine rings is 1. The van der Waals surface area contributed by atoms with Crippen LogP contribution in [0.5, 0.6) is 0 Å². The van der Waals surface area contributed by atoms with Crippen LogP contribution < -0.4 is 5.32 Å². The fraction of sp³-hybridized carbons (Fsp3) is 0.682. The molecule has 1 saturated heterocycles. The predicted molar refractivity (Wildman–Crippen MR) is 112 cm³/mol. The molecule has 0 spiro atoms. The van der Waals surface area contributed by atoms with E-state index < -0.39 is 0 Å². The Morgan fingerprint density at radius 3 is 2.59 bits per heavy atom. The number of rotatable bonds is 11. The van der Waals surface area contributed by atoms with Crippen LogP contribution >= 0.6 is 0 Å². The molecule has 1 aromatic carbocycles. The highest BCUT2D eigenvalue weighted by Gasteiger charge is 2.21. The molecular formula is C22H37N3O2. The first kappa shape index (κ1) is 21.7. The van der Waals surface area contributed by atoms with Gasteiger partial charge in [0.15, 0.2) is 5.96 Å². The van der Waals surface area contributed by atoms with Crippen molar-refractivity contribution in [3.8, 4) is 0 Å². The number of hydrogen-bond acceptors (Lipinski definition) is 3. The molecule has 1 aromatic rings. The van der Waals surface area contributed by atoms with Crippen LogP contribution in [0.25, 0.3) is 0 Å². The average Bonchev–Trinajstić information content (AvgIpc) is 2.70. The summed E-state index contributed by atoms with van der Waals surface area (Å²) in [5.41, 5.74) is 1.46. The van der Waals surface area contributed by atoms with Crippen LogP contribution in [0.4, 0.5) is 0 Å². The van der Waals surface area contributed by atoms with E-state index in [0.717, 1.165) is 57.5 Å². The number of nitrogens with zero attached hydrogens (tertiary/aromatic N) is 2. The van der Waals surface area contributed by atoms with Gasteiger partial charge >= 0.3 is 0 Å². The zero-order valence-corrected chi connectivity index (χ0v) is 17.2. The van der Waals surface area contributed by atoms with Gasteiger partial charge in [0.1, 0.15) is 0 Å². The van der Waals surface area contributed by atoms with Crippen molar-refractivity contribution < 1.29 is 9.47 Å². The summed E-state index contributed by atoms with van der Waals surface area (Å²) in [7, 11) is 1.70. The third kappa shape index (κ3) is 8.76. The Bertz CT molecular complexity index is 514. The Hall–Kier alpha value is -1.59. The van der Waals surface area contributed by atoms with Gasteiger partial charge in [-0.15, -0.1) is 0 Å². The predicted octanol–water partition coefficient (Wildman–Crippen LogP) is 3.35. The minimum Gasteiger partial charge on any atom is -0.382 e. The Morgan fingerprint density at radius 1 is 1.11 bits per heavy atom. The highest BCUT2D eigenvalue weighted by molar-refractivity contribution is 5.80. The monoisotopic (exact) mass is 375 g/mol. The molecule has 1 heterocycles. The number of nitrogens with one attached hydrogen (secondary N) is 1. The summed E-state index contributed by atoms with van der Waals surface area (Å²) in [6, 6.07) is 10.9. The Kier molecular flexibility index (Phi) is 10.9. The number of hydrogen-bond donors (Lipinski definition) is 1. The molecule has 0 radical (unpaired) electrons. The summed E-state index contributed by atoms with van der Waals surface area (Å²) in [6.07, 6.45) is 5.79. The van der Waals surface area contributed by atoms with Gasteiger partial charge in [-0.1, -0.05) is 30.3 Å². The van der Waals surface area contributed by atoms with E-state index in [2.05, 4.69) is 47.5 Å². The van der Waals surface area contributed by atoms with Crippen molar-refractivity contribution in [2.24, 2.45) is 10.9 Å². The first-order valence-corrected chi connectivity index (χ1v) is 10.5. The molecular weight excluding hydrogens is 338 g/mol. The lowest BCUT2D eigenvalue weighted by molar-refractivity contribution is 0.0690. The van der Waals surface area contributed by atoms with E-state index in [9.17, 15) is 0 Å². The summed E-state index contributed by atoms with van der Waals surface area (Å²) in [5, 5.41) is 3.46. The Balaban J connectivity index is 1.68. The van der Waals surface area contributed by atoms with E-state index >= 15 is 0 Å². The van der Waals surface area contributed by atoms with E-state index in [1.165, 1.54) is 24.8 Å². The van der Waals surface area contributed by atoms with E-state index in [0.29, 0.717) is 13.2 Å². The quantitative estimate of drug-likeness (QED) is 0.366. The lowest BCUT2D eigenvalue weighted by atomic mass is 9.90. The molecule has 0 saturated carbocycles. The summed E-state index contributed by atoms with van der Waals surface area (Å²) in [6.45, 7) is 8.26. The second kappa shape index (κ2) is 13.6. The molecule has 0 aliphatic carbocycles. The molecule has 1 aliphatic heterocycles. The lowest BCUT2D eigenvalue weighted by Gasteiger charge is -2.34. The molecule has 1 fully saturated rings. The van der Waals surface area contributed by atoms with Gasteiger partial charge in [0, 0.05) is 39.9 Å². The van der Waals surface area contributed by atoms with Crippen molar-refractivity contribution in [3.05, 3.63) is 35.9 Å². The highest BCUT2D eigenvalue weighted by atomic mass is 16.5. The zero-order valence-electron chi connectivity index (χ0n) is 17.2. The summed E-state index contributed by atoms with van der Waals surface area (Å²) < 4.78 is 10.5. The van der Waals surface area contributed by atoms with Gasteiger partial charge in [-0.3, -0.25) is 4.99 Å². The van der Waals surface area contributed by atoms with E-state index in [1.807, 2.05) is 0 Å². The third-order valence-corrected chi connectivity index (χ3v) is 5.01. The van der Waals surface area contributed by atoms with E-state index in [4.69, 9.17) is 14.5 Å². The molecule has 0 atom stereocenters. The SMILES string of the molecule is CCNC(=NCCCCOCCOC)N1CCC(Cc2ccccc2)CC1.